The Morgan fingerprint density at radius 2 is 1.54 bits per heavy atom. The molecule has 0 aromatic heterocycles. The van der Waals surface area contributed by atoms with Crippen molar-refractivity contribution >= 4 is 23.7 Å². The van der Waals surface area contributed by atoms with Crippen LogP contribution in [0.15, 0.2) is 54.6 Å². The van der Waals surface area contributed by atoms with Gasteiger partial charge < -0.3 is 25.8 Å². The second kappa shape index (κ2) is 16.1. The second-order valence-corrected chi connectivity index (χ2v) is 9.77. The molecule has 2 rings (SSSR count). The number of likely N-dealkylation sites (N-methyl/N-ethyl adjacent to an activating group) is 1. The molecule has 0 aliphatic heterocycles. The van der Waals surface area contributed by atoms with Crippen LogP contribution >= 0.6 is 0 Å². The van der Waals surface area contributed by atoms with Crippen molar-refractivity contribution in [1.29, 1.82) is 0 Å². The number of aliphatic carboxylic acids is 1. The monoisotopic (exact) mass is 540 g/mol. The zero-order valence-electron chi connectivity index (χ0n) is 23.0. The first kappa shape index (κ1) is 31.3. The van der Waals surface area contributed by atoms with Gasteiger partial charge in [0.2, 0.25) is 17.7 Å². The van der Waals surface area contributed by atoms with Crippen molar-refractivity contribution in [2.75, 3.05) is 20.7 Å². The number of methoxy groups -OCH3 is 1. The predicted octanol–water partition coefficient (Wildman–Crippen LogP) is 1.68. The normalized spacial score (nSPS) is 13.2. The summed E-state index contributed by atoms with van der Waals surface area (Å²) in [4.78, 5) is 50.1. The van der Waals surface area contributed by atoms with Crippen LogP contribution in [0.3, 0.4) is 0 Å². The lowest BCUT2D eigenvalue weighted by molar-refractivity contribution is -0.140. The third-order valence-corrected chi connectivity index (χ3v) is 6.17. The van der Waals surface area contributed by atoms with Gasteiger partial charge in [0, 0.05) is 20.0 Å². The number of rotatable bonds is 16. The van der Waals surface area contributed by atoms with Gasteiger partial charge in [-0.3, -0.25) is 24.5 Å². The van der Waals surface area contributed by atoms with E-state index in [4.69, 9.17) is 4.74 Å². The summed E-state index contributed by atoms with van der Waals surface area (Å²) in [5.74, 6) is -1.42. The molecule has 3 amide bonds. The number of hydrogen-bond acceptors (Lipinski definition) is 6. The molecule has 0 heterocycles. The molecule has 0 spiro atoms. The van der Waals surface area contributed by atoms with E-state index >= 15 is 0 Å². The average Bonchev–Trinajstić information content (AvgIpc) is 2.91. The molecule has 0 radical (unpaired) electrons. The lowest BCUT2D eigenvalue weighted by atomic mass is 10.00. The number of carbonyl (C=O) groups excluding carboxylic acids is 3. The van der Waals surface area contributed by atoms with Crippen LogP contribution in [0.25, 0.3) is 0 Å². The lowest BCUT2D eigenvalue weighted by Gasteiger charge is -2.26. The summed E-state index contributed by atoms with van der Waals surface area (Å²) in [5, 5.41) is 20.8. The van der Waals surface area contributed by atoms with Crippen LogP contribution in [0.1, 0.15) is 37.8 Å². The quantitative estimate of drug-likeness (QED) is 0.218. The molecular formula is C29H40N4O6. The summed E-state index contributed by atoms with van der Waals surface area (Å²) >= 11 is 0. The summed E-state index contributed by atoms with van der Waals surface area (Å²) in [6.07, 6.45) is 0.889. The molecule has 2 aromatic rings. The third kappa shape index (κ3) is 11.2. The van der Waals surface area contributed by atoms with Gasteiger partial charge in [-0.15, -0.1) is 0 Å². The Balaban J connectivity index is 2.03. The number of nitrogens with one attached hydrogen (secondary N) is 4. The fourth-order valence-corrected chi connectivity index (χ4v) is 4.10. The molecule has 0 saturated carbocycles. The molecule has 0 aliphatic carbocycles. The Kier molecular flexibility index (Phi) is 12.9. The molecule has 212 valence electrons. The zero-order valence-corrected chi connectivity index (χ0v) is 23.0. The van der Waals surface area contributed by atoms with Crippen LogP contribution in [0, 0.1) is 5.92 Å². The zero-order chi connectivity index (χ0) is 28.8. The first-order chi connectivity index (χ1) is 18.6. The summed E-state index contributed by atoms with van der Waals surface area (Å²) in [7, 11) is 3.05. The van der Waals surface area contributed by atoms with Gasteiger partial charge in [-0.25, -0.2) is 0 Å². The number of carboxylic acids is 1. The van der Waals surface area contributed by atoms with Crippen LogP contribution in [0.5, 0.6) is 5.75 Å². The maximum Gasteiger partial charge on any atom is 0.320 e. The highest BCUT2D eigenvalue weighted by atomic mass is 16.5. The van der Waals surface area contributed by atoms with Crippen LogP contribution in [0.4, 0.5) is 0 Å². The van der Waals surface area contributed by atoms with Gasteiger partial charge in [-0.1, -0.05) is 56.3 Å². The van der Waals surface area contributed by atoms with Gasteiger partial charge in [0.05, 0.1) is 19.6 Å². The molecule has 3 atom stereocenters. The summed E-state index contributed by atoms with van der Waals surface area (Å²) in [5.41, 5.74) is 1.68. The molecule has 10 nitrogen and oxygen atoms in total. The first-order valence-corrected chi connectivity index (χ1v) is 13.1. The minimum atomic E-state index is -1.13. The van der Waals surface area contributed by atoms with Gasteiger partial charge in [-0.05, 0) is 42.0 Å². The fraction of sp³-hybridized carbons (Fsp3) is 0.448. The van der Waals surface area contributed by atoms with Crippen LogP contribution in [-0.4, -0.2) is 67.6 Å². The highest BCUT2D eigenvalue weighted by molar-refractivity contribution is 5.90. The van der Waals surface area contributed by atoms with Crippen molar-refractivity contribution in [1.82, 2.24) is 21.3 Å². The van der Waals surface area contributed by atoms with Gasteiger partial charge in [0.15, 0.2) is 0 Å². The Morgan fingerprint density at radius 3 is 2.10 bits per heavy atom. The standard InChI is InChI=1S/C29H40N4O6/c1-19(2)16-24(28(36)33-25(27(35)30-3)17-21-10-12-22(39-4)13-11-21)32-23(29(37)38)14-15-31-26(34)18-20-8-6-5-7-9-20/h5-13,19,23-25,32H,14-18H2,1-4H3,(H,30,35)(H,31,34)(H,33,36)(H,37,38)/t23-,24+,25+/m1/s1. The van der Waals surface area contributed by atoms with Crippen molar-refractivity contribution in [2.45, 2.75) is 57.7 Å². The Labute approximate surface area is 229 Å². The maximum absolute atomic E-state index is 13.3. The van der Waals surface area contributed by atoms with Crippen molar-refractivity contribution in [3.05, 3.63) is 65.7 Å². The third-order valence-electron chi connectivity index (χ3n) is 6.17. The number of carbonyl (C=O) groups is 4. The van der Waals surface area contributed by atoms with E-state index < -0.39 is 30.0 Å². The number of ether oxygens (including phenoxy) is 1. The second-order valence-electron chi connectivity index (χ2n) is 9.77. The van der Waals surface area contributed by atoms with E-state index in [1.807, 2.05) is 56.3 Å². The molecule has 39 heavy (non-hydrogen) atoms. The predicted molar refractivity (Wildman–Crippen MR) is 148 cm³/mol. The van der Waals surface area contributed by atoms with Crippen LogP contribution in [0.2, 0.25) is 0 Å². The van der Waals surface area contributed by atoms with E-state index in [9.17, 15) is 24.3 Å². The van der Waals surface area contributed by atoms with Crippen LogP contribution < -0.4 is 26.0 Å². The van der Waals surface area contributed by atoms with Gasteiger partial charge >= 0.3 is 5.97 Å². The van der Waals surface area contributed by atoms with Crippen molar-refractivity contribution in [3.8, 4) is 5.75 Å². The maximum atomic E-state index is 13.3. The molecule has 2 aromatic carbocycles. The molecular weight excluding hydrogens is 500 g/mol. The summed E-state index contributed by atoms with van der Waals surface area (Å²) < 4.78 is 5.17. The molecule has 5 N–H and O–H groups in total. The van der Waals surface area contributed by atoms with Crippen molar-refractivity contribution < 1.29 is 29.0 Å². The van der Waals surface area contributed by atoms with E-state index in [0.29, 0.717) is 12.2 Å². The average molecular weight is 541 g/mol. The first-order valence-electron chi connectivity index (χ1n) is 13.1. The summed E-state index contributed by atoms with van der Waals surface area (Å²) in [6, 6.07) is 13.7. The highest BCUT2D eigenvalue weighted by Crippen LogP contribution is 2.14. The van der Waals surface area contributed by atoms with E-state index in [0.717, 1.165) is 11.1 Å². The van der Waals surface area contributed by atoms with E-state index in [1.165, 1.54) is 7.05 Å². The number of carboxylic acid groups (broad SMARTS) is 1. The largest absolute Gasteiger partial charge is 0.497 e. The molecule has 10 heteroatoms. The molecule has 0 unspecified atom stereocenters. The fourth-order valence-electron chi connectivity index (χ4n) is 4.10. The number of amides is 3. The van der Waals surface area contributed by atoms with E-state index in [2.05, 4.69) is 21.3 Å². The molecule has 0 saturated heterocycles. The minimum absolute atomic E-state index is 0.0771. The van der Waals surface area contributed by atoms with Crippen molar-refractivity contribution in [3.63, 3.8) is 0 Å². The Hall–Kier alpha value is -3.92. The number of benzene rings is 2. The smallest absolute Gasteiger partial charge is 0.320 e. The van der Waals surface area contributed by atoms with Gasteiger partial charge in [-0.2, -0.15) is 0 Å². The molecule has 0 fully saturated rings. The summed E-state index contributed by atoms with van der Waals surface area (Å²) in [6.45, 7) is 3.98. The van der Waals surface area contributed by atoms with Gasteiger partial charge in [0.1, 0.15) is 17.8 Å². The van der Waals surface area contributed by atoms with Gasteiger partial charge in [0.25, 0.3) is 0 Å². The lowest BCUT2D eigenvalue weighted by Crippen LogP contribution is -2.56. The van der Waals surface area contributed by atoms with Crippen molar-refractivity contribution in [2.24, 2.45) is 5.92 Å². The Bertz CT molecular complexity index is 1070. The molecule has 0 bridgehead atoms. The molecule has 0 aliphatic rings. The van der Waals surface area contributed by atoms with E-state index in [1.54, 1.807) is 19.2 Å². The topological polar surface area (TPSA) is 146 Å². The number of hydrogen-bond donors (Lipinski definition) is 5. The van der Waals surface area contributed by atoms with E-state index in [-0.39, 0.29) is 43.5 Å². The SMILES string of the molecule is CNC(=O)[C@H](Cc1ccc(OC)cc1)NC(=O)[C@H](CC(C)C)N[C@H](CCNC(=O)Cc1ccccc1)C(=O)O. The van der Waals surface area contributed by atoms with Crippen LogP contribution in [-0.2, 0) is 32.0 Å². The minimum Gasteiger partial charge on any atom is -0.497 e. The highest BCUT2D eigenvalue weighted by Gasteiger charge is 2.30. The Morgan fingerprint density at radius 1 is 0.872 bits per heavy atom.